The van der Waals surface area contributed by atoms with Crippen molar-refractivity contribution in [2.24, 2.45) is 0 Å². The lowest BCUT2D eigenvalue weighted by atomic mass is 9.86. The number of nitriles is 1. The van der Waals surface area contributed by atoms with Crippen molar-refractivity contribution in [2.75, 3.05) is 5.32 Å². The third-order valence-electron chi connectivity index (χ3n) is 3.85. The molecule has 0 amide bonds. The highest BCUT2D eigenvalue weighted by molar-refractivity contribution is 7.10. The Morgan fingerprint density at radius 1 is 1.45 bits per heavy atom. The molecule has 0 spiro atoms. The summed E-state index contributed by atoms with van der Waals surface area (Å²) in [6.45, 7) is 4.50. The van der Waals surface area contributed by atoms with Crippen molar-refractivity contribution in [1.82, 2.24) is 4.37 Å². The molecule has 1 N–H and O–H groups in total. The van der Waals surface area contributed by atoms with E-state index in [0.717, 1.165) is 11.4 Å². The van der Waals surface area contributed by atoms with Crippen LogP contribution in [0.25, 0.3) is 0 Å². The largest absolute Gasteiger partial charge is 0.368 e. The number of nitrogens with one attached hydrogen (secondary N) is 1. The van der Waals surface area contributed by atoms with E-state index in [9.17, 15) is 0 Å². The van der Waals surface area contributed by atoms with E-state index in [1.165, 1.54) is 22.7 Å². The lowest BCUT2D eigenvalue weighted by molar-refractivity contribution is 0.494. The van der Waals surface area contributed by atoms with E-state index in [1.807, 2.05) is 0 Å². The molecule has 0 bridgehead atoms. The van der Waals surface area contributed by atoms with Gasteiger partial charge in [0.1, 0.15) is 16.6 Å². The zero-order valence-corrected chi connectivity index (χ0v) is 12.8. The molecule has 2 aromatic rings. The van der Waals surface area contributed by atoms with Gasteiger partial charge in [0, 0.05) is 0 Å². The third-order valence-corrected chi connectivity index (χ3v) is 5.00. The Hall–Kier alpha value is -1.57. The molecule has 102 valence electrons. The molecule has 3 nitrogen and oxygen atoms in total. The first-order valence-electron chi connectivity index (χ1n) is 6.44. The van der Waals surface area contributed by atoms with Gasteiger partial charge in [0.25, 0.3) is 0 Å². The average molecular weight is 304 g/mol. The summed E-state index contributed by atoms with van der Waals surface area (Å²) in [5, 5.41) is 13.6. The van der Waals surface area contributed by atoms with E-state index >= 15 is 0 Å². The van der Waals surface area contributed by atoms with Crippen LogP contribution in [0.3, 0.4) is 0 Å². The quantitative estimate of drug-likeness (QED) is 0.888. The number of anilines is 1. The fourth-order valence-electron chi connectivity index (χ4n) is 2.90. The van der Waals surface area contributed by atoms with E-state index in [2.05, 4.69) is 53.9 Å². The Morgan fingerprint density at radius 3 is 2.95 bits per heavy atom. The predicted molar refractivity (Wildman–Crippen MR) is 82.3 cm³/mol. The highest BCUT2D eigenvalue weighted by Gasteiger charge is 2.36. The van der Waals surface area contributed by atoms with Gasteiger partial charge < -0.3 is 5.32 Å². The molecule has 0 fully saturated rings. The fourth-order valence-corrected chi connectivity index (χ4v) is 3.89. The van der Waals surface area contributed by atoms with Gasteiger partial charge in [-0.05, 0) is 34.5 Å². The molecule has 5 heteroatoms. The Bertz CT molecular complexity index is 699. The maximum Gasteiger partial charge on any atom is 0.162 e. The molecule has 1 heterocycles. The number of hydrogen-bond donors (Lipinski definition) is 1. The first kappa shape index (κ1) is 13.4. The van der Waals surface area contributed by atoms with Gasteiger partial charge in [0.15, 0.2) is 5.15 Å². The van der Waals surface area contributed by atoms with Gasteiger partial charge in [0.2, 0.25) is 0 Å². The molecule has 20 heavy (non-hydrogen) atoms. The fraction of sp³-hybridized carbons (Fsp3) is 0.333. The summed E-state index contributed by atoms with van der Waals surface area (Å²) in [6, 6.07) is 10.8. The van der Waals surface area contributed by atoms with Crippen LogP contribution in [0.15, 0.2) is 24.3 Å². The van der Waals surface area contributed by atoms with Crippen LogP contribution in [0.4, 0.5) is 5.00 Å². The molecule has 1 unspecified atom stereocenters. The number of nitrogens with zero attached hydrogens (tertiary/aromatic N) is 2. The van der Waals surface area contributed by atoms with Gasteiger partial charge in [-0.15, -0.1) is 0 Å². The van der Waals surface area contributed by atoms with E-state index in [1.54, 1.807) is 0 Å². The number of benzene rings is 1. The number of halogens is 1. The molecule has 1 atom stereocenters. The zero-order chi connectivity index (χ0) is 14.3. The normalized spacial score (nSPS) is 19.4. The first-order chi connectivity index (χ1) is 9.53. The second kappa shape index (κ2) is 4.76. The molecule has 1 aliphatic carbocycles. The van der Waals surface area contributed by atoms with Crippen molar-refractivity contribution in [3.8, 4) is 6.07 Å². The maximum atomic E-state index is 9.15. The Balaban J connectivity index is 1.96. The Morgan fingerprint density at radius 2 is 2.20 bits per heavy atom. The molecule has 3 rings (SSSR count). The first-order valence-corrected chi connectivity index (χ1v) is 7.59. The number of rotatable bonds is 2. The van der Waals surface area contributed by atoms with Crippen molar-refractivity contribution in [1.29, 1.82) is 5.26 Å². The summed E-state index contributed by atoms with van der Waals surface area (Å²) in [6.07, 6.45) is 0.993. The molecule has 1 aromatic carbocycles. The smallest absolute Gasteiger partial charge is 0.162 e. The van der Waals surface area contributed by atoms with Gasteiger partial charge in [-0.3, -0.25) is 0 Å². The molecule has 1 aliphatic rings. The maximum absolute atomic E-state index is 9.15. The van der Waals surface area contributed by atoms with Gasteiger partial charge in [-0.2, -0.15) is 9.64 Å². The Labute approximate surface area is 127 Å². The van der Waals surface area contributed by atoms with E-state index < -0.39 is 0 Å². The summed E-state index contributed by atoms with van der Waals surface area (Å²) in [5.74, 6) is 0. The van der Waals surface area contributed by atoms with Crippen LogP contribution < -0.4 is 5.32 Å². The summed E-state index contributed by atoms with van der Waals surface area (Å²) in [7, 11) is 0. The van der Waals surface area contributed by atoms with Crippen LogP contribution in [0.2, 0.25) is 5.15 Å². The topological polar surface area (TPSA) is 48.7 Å². The van der Waals surface area contributed by atoms with E-state index in [-0.39, 0.29) is 16.6 Å². The highest BCUT2D eigenvalue weighted by atomic mass is 35.5. The summed E-state index contributed by atoms with van der Waals surface area (Å²) >= 11 is 7.17. The Kier molecular flexibility index (Phi) is 3.19. The number of hydrogen-bond acceptors (Lipinski definition) is 4. The van der Waals surface area contributed by atoms with Crippen LogP contribution >= 0.6 is 23.1 Å². The van der Waals surface area contributed by atoms with Crippen molar-refractivity contribution in [3.63, 3.8) is 0 Å². The monoisotopic (exact) mass is 303 g/mol. The van der Waals surface area contributed by atoms with Crippen molar-refractivity contribution in [3.05, 3.63) is 46.1 Å². The number of aromatic nitrogens is 1. The zero-order valence-electron chi connectivity index (χ0n) is 11.3. The lowest BCUT2D eigenvalue weighted by Gasteiger charge is -2.19. The van der Waals surface area contributed by atoms with Gasteiger partial charge in [0.05, 0.1) is 6.04 Å². The molecular formula is C15H14ClN3S. The van der Waals surface area contributed by atoms with Gasteiger partial charge in [-0.25, -0.2) is 0 Å². The second-order valence-corrected chi connectivity index (χ2v) is 6.79. The van der Waals surface area contributed by atoms with Crippen molar-refractivity contribution in [2.45, 2.75) is 31.7 Å². The van der Waals surface area contributed by atoms with Crippen LogP contribution in [0.5, 0.6) is 0 Å². The van der Waals surface area contributed by atoms with E-state index in [0.29, 0.717) is 5.56 Å². The minimum atomic E-state index is 0.134. The van der Waals surface area contributed by atoms with Crippen molar-refractivity contribution >= 4 is 28.1 Å². The average Bonchev–Trinajstić information content (AvgIpc) is 2.89. The summed E-state index contributed by atoms with van der Waals surface area (Å²) < 4.78 is 4.04. The van der Waals surface area contributed by atoms with E-state index in [4.69, 9.17) is 16.9 Å². The molecule has 0 aliphatic heterocycles. The molecule has 0 radical (unpaired) electrons. The molecule has 1 aromatic heterocycles. The second-order valence-electron chi connectivity index (χ2n) is 5.66. The van der Waals surface area contributed by atoms with Crippen LogP contribution in [0.1, 0.15) is 43.0 Å². The molecule has 0 saturated carbocycles. The SMILES string of the molecule is CC1(C)CC(Nc2snc(Cl)c2C#N)c2ccccc21. The lowest BCUT2D eigenvalue weighted by Crippen LogP contribution is -2.14. The summed E-state index contributed by atoms with van der Waals surface area (Å²) in [4.78, 5) is 0. The molecular weight excluding hydrogens is 290 g/mol. The third kappa shape index (κ3) is 2.07. The highest BCUT2D eigenvalue weighted by Crippen LogP contribution is 2.46. The van der Waals surface area contributed by atoms with Crippen LogP contribution in [-0.2, 0) is 5.41 Å². The van der Waals surface area contributed by atoms with Gasteiger partial charge in [-0.1, -0.05) is 49.7 Å². The molecule has 0 saturated heterocycles. The van der Waals surface area contributed by atoms with Gasteiger partial charge >= 0.3 is 0 Å². The van der Waals surface area contributed by atoms with Crippen LogP contribution in [-0.4, -0.2) is 4.37 Å². The van der Waals surface area contributed by atoms with Crippen molar-refractivity contribution < 1.29 is 0 Å². The minimum absolute atomic E-state index is 0.134. The predicted octanol–water partition coefficient (Wildman–Crippen LogP) is 4.50. The minimum Gasteiger partial charge on any atom is -0.368 e. The standard InChI is InChI=1S/C15H14ClN3S/c1-15(2)7-12(9-5-3-4-6-11(9)15)18-14-10(8-17)13(16)19-20-14/h3-6,12,18H,7H2,1-2H3. The number of fused-ring (bicyclic) bond motifs is 1. The van der Waals surface area contributed by atoms with Crippen LogP contribution in [0, 0.1) is 11.3 Å². The summed E-state index contributed by atoms with van der Waals surface area (Å²) in [5.41, 5.74) is 3.24.